The number of methoxy groups -OCH3 is 2. The molecule has 0 fully saturated rings. The van der Waals surface area contributed by atoms with Gasteiger partial charge < -0.3 is 9.47 Å². The van der Waals surface area contributed by atoms with Crippen molar-refractivity contribution in [2.45, 2.75) is 51.7 Å². The third-order valence-corrected chi connectivity index (χ3v) is 2.24. The molecule has 14 heavy (non-hydrogen) atoms. The highest BCUT2D eigenvalue weighted by Crippen LogP contribution is 2.04. The quantitative estimate of drug-likeness (QED) is 0.322. The van der Waals surface area contributed by atoms with Crippen LogP contribution < -0.4 is 0 Å². The molecule has 0 heterocycles. The lowest BCUT2D eigenvalue weighted by atomic mass is 10.2. The van der Waals surface area contributed by atoms with Crippen LogP contribution in [0, 0.1) is 0 Å². The molecule has 0 saturated carbocycles. The van der Waals surface area contributed by atoms with E-state index in [-0.39, 0.29) is 6.29 Å². The number of ether oxygens (including phenoxy) is 2. The molecule has 0 amide bonds. The molecule has 0 aliphatic carbocycles. The topological polar surface area (TPSA) is 18.5 Å². The molecule has 0 aliphatic rings. The van der Waals surface area contributed by atoms with Crippen LogP contribution in [-0.2, 0) is 9.47 Å². The van der Waals surface area contributed by atoms with E-state index < -0.39 is 0 Å². The molecule has 0 aromatic heterocycles. The van der Waals surface area contributed by atoms with Gasteiger partial charge in [0.25, 0.3) is 0 Å². The van der Waals surface area contributed by atoms with Crippen LogP contribution >= 0.6 is 0 Å². The normalized spacial score (nSPS) is 11.7. The van der Waals surface area contributed by atoms with Crippen molar-refractivity contribution in [1.82, 2.24) is 0 Å². The first-order valence-corrected chi connectivity index (χ1v) is 5.55. The second-order valence-corrected chi connectivity index (χ2v) is 3.45. The van der Waals surface area contributed by atoms with Crippen LogP contribution in [0.1, 0.15) is 45.4 Å². The summed E-state index contributed by atoms with van der Waals surface area (Å²) in [6.45, 7) is 2.23. The van der Waals surface area contributed by atoms with Crippen LogP contribution in [0.25, 0.3) is 0 Å². The van der Waals surface area contributed by atoms with Gasteiger partial charge in [-0.25, -0.2) is 0 Å². The minimum atomic E-state index is -0.0460. The number of unbranched alkanes of at least 4 members (excludes halogenated alkanes) is 3. The zero-order valence-electron chi connectivity index (χ0n) is 9.79. The average Bonchev–Trinajstić information content (AvgIpc) is 2.22. The maximum absolute atomic E-state index is 5.09. The van der Waals surface area contributed by atoms with Crippen molar-refractivity contribution < 1.29 is 9.47 Å². The van der Waals surface area contributed by atoms with E-state index in [4.69, 9.17) is 9.47 Å². The van der Waals surface area contributed by atoms with E-state index in [1.54, 1.807) is 14.2 Å². The van der Waals surface area contributed by atoms with Crippen molar-refractivity contribution in [3.8, 4) is 0 Å². The Hall–Kier alpha value is -0.340. The van der Waals surface area contributed by atoms with Crippen LogP contribution in [-0.4, -0.2) is 20.5 Å². The molecule has 0 bridgehead atoms. The molecule has 0 rings (SSSR count). The fourth-order valence-electron chi connectivity index (χ4n) is 1.31. The zero-order chi connectivity index (χ0) is 10.6. The van der Waals surface area contributed by atoms with Gasteiger partial charge in [0.2, 0.25) is 0 Å². The Bertz CT molecular complexity index is 128. The minimum absolute atomic E-state index is 0.0460. The van der Waals surface area contributed by atoms with Gasteiger partial charge in [0.15, 0.2) is 6.29 Å². The third kappa shape index (κ3) is 8.27. The second kappa shape index (κ2) is 10.7. The molecule has 0 aromatic rings. The van der Waals surface area contributed by atoms with E-state index in [1.807, 2.05) is 0 Å². The van der Waals surface area contributed by atoms with E-state index in [2.05, 4.69) is 19.1 Å². The van der Waals surface area contributed by atoms with Crippen LogP contribution in [0.2, 0.25) is 0 Å². The lowest BCUT2D eigenvalue weighted by Crippen LogP contribution is -2.11. The maximum Gasteiger partial charge on any atom is 0.157 e. The molecule has 84 valence electrons. The summed E-state index contributed by atoms with van der Waals surface area (Å²) >= 11 is 0. The van der Waals surface area contributed by atoms with Crippen LogP contribution in [0.4, 0.5) is 0 Å². The van der Waals surface area contributed by atoms with Gasteiger partial charge in [0.1, 0.15) is 0 Å². The van der Waals surface area contributed by atoms with Crippen molar-refractivity contribution in [1.29, 1.82) is 0 Å². The first kappa shape index (κ1) is 13.7. The van der Waals surface area contributed by atoms with Crippen LogP contribution in [0.3, 0.4) is 0 Å². The molecule has 0 N–H and O–H groups in total. The molecular weight excluding hydrogens is 176 g/mol. The monoisotopic (exact) mass is 200 g/mol. The van der Waals surface area contributed by atoms with Gasteiger partial charge >= 0.3 is 0 Å². The highest BCUT2D eigenvalue weighted by atomic mass is 16.7. The SMILES string of the molecule is CCCCC/C=C\CCC(OC)OC. The zero-order valence-corrected chi connectivity index (χ0v) is 9.79. The Morgan fingerprint density at radius 1 is 1.00 bits per heavy atom. The Kier molecular flexibility index (Phi) is 10.5. The first-order chi connectivity index (χ1) is 6.85. The minimum Gasteiger partial charge on any atom is -0.356 e. The van der Waals surface area contributed by atoms with Crippen LogP contribution in [0.5, 0.6) is 0 Å². The highest BCUT2D eigenvalue weighted by molar-refractivity contribution is 4.81. The van der Waals surface area contributed by atoms with Crippen molar-refractivity contribution in [3.05, 3.63) is 12.2 Å². The van der Waals surface area contributed by atoms with E-state index in [0.717, 1.165) is 12.8 Å². The van der Waals surface area contributed by atoms with Gasteiger partial charge in [-0.3, -0.25) is 0 Å². The van der Waals surface area contributed by atoms with E-state index >= 15 is 0 Å². The Morgan fingerprint density at radius 3 is 2.21 bits per heavy atom. The molecule has 0 unspecified atom stereocenters. The van der Waals surface area contributed by atoms with E-state index in [9.17, 15) is 0 Å². The standard InChI is InChI=1S/C12H24O2/c1-4-5-6-7-8-9-10-11-12(13-2)14-3/h8-9,12H,4-7,10-11H2,1-3H3/b9-8-. The Labute approximate surface area is 88.3 Å². The maximum atomic E-state index is 5.09. The summed E-state index contributed by atoms with van der Waals surface area (Å²) in [7, 11) is 3.36. The van der Waals surface area contributed by atoms with Gasteiger partial charge in [-0.2, -0.15) is 0 Å². The molecule has 2 heteroatoms. The Morgan fingerprint density at radius 2 is 1.64 bits per heavy atom. The fraction of sp³-hybridized carbons (Fsp3) is 0.833. The molecule has 0 aromatic carbocycles. The van der Waals surface area contributed by atoms with Crippen molar-refractivity contribution >= 4 is 0 Å². The lowest BCUT2D eigenvalue weighted by molar-refractivity contribution is -0.105. The van der Waals surface area contributed by atoms with E-state index in [1.165, 1.54) is 25.7 Å². The molecule has 2 nitrogen and oxygen atoms in total. The number of hydrogen-bond donors (Lipinski definition) is 0. The molecule has 0 saturated heterocycles. The summed E-state index contributed by atoms with van der Waals surface area (Å²) in [5.74, 6) is 0. The largest absolute Gasteiger partial charge is 0.356 e. The summed E-state index contributed by atoms with van der Waals surface area (Å²) in [6.07, 6.45) is 11.6. The van der Waals surface area contributed by atoms with Crippen molar-refractivity contribution in [2.24, 2.45) is 0 Å². The van der Waals surface area contributed by atoms with Crippen LogP contribution in [0.15, 0.2) is 12.2 Å². The Balaban J connectivity index is 3.25. The van der Waals surface area contributed by atoms with Gasteiger partial charge in [0.05, 0.1) is 0 Å². The average molecular weight is 200 g/mol. The lowest BCUT2D eigenvalue weighted by Gasteiger charge is -2.10. The number of allylic oxidation sites excluding steroid dienone is 2. The molecule has 0 spiro atoms. The number of rotatable bonds is 9. The van der Waals surface area contributed by atoms with Crippen molar-refractivity contribution in [3.63, 3.8) is 0 Å². The predicted octanol–water partition coefficient (Wildman–Crippen LogP) is 3.52. The highest BCUT2D eigenvalue weighted by Gasteiger charge is 2.01. The molecule has 0 aliphatic heterocycles. The smallest absolute Gasteiger partial charge is 0.157 e. The first-order valence-electron chi connectivity index (χ1n) is 5.55. The van der Waals surface area contributed by atoms with Gasteiger partial charge in [0, 0.05) is 20.6 Å². The second-order valence-electron chi connectivity index (χ2n) is 3.45. The predicted molar refractivity (Wildman–Crippen MR) is 60.3 cm³/mol. The third-order valence-electron chi connectivity index (χ3n) is 2.24. The summed E-state index contributed by atoms with van der Waals surface area (Å²) in [5.41, 5.74) is 0. The van der Waals surface area contributed by atoms with Gasteiger partial charge in [-0.15, -0.1) is 0 Å². The van der Waals surface area contributed by atoms with Gasteiger partial charge in [-0.05, 0) is 19.3 Å². The van der Waals surface area contributed by atoms with Crippen molar-refractivity contribution in [2.75, 3.05) is 14.2 Å². The summed E-state index contributed by atoms with van der Waals surface area (Å²) < 4.78 is 10.2. The van der Waals surface area contributed by atoms with E-state index in [0.29, 0.717) is 0 Å². The fourth-order valence-corrected chi connectivity index (χ4v) is 1.31. The number of hydrogen-bond acceptors (Lipinski definition) is 2. The molecule has 0 radical (unpaired) electrons. The summed E-state index contributed by atoms with van der Waals surface area (Å²) in [5, 5.41) is 0. The summed E-state index contributed by atoms with van der Waals surface area (Å²) in [6, 6.07) is 0. The summed E-state index contributed by atoms with van der Waals surface area (Å²) in [4.78, 5) is 0. The molecule has 0 atom stereocenters. The van der Waals surface area contributed by atoms with Gasteiger partial charge in [-0.1, -0.05) is 31.9 Å². The molecular formula is C12H24O2.